The van der Waals surface area contributed by atoms with E-state index in [1.54, 1.807) is 11.3 Å². The molecule has 23 heavy (non-hydrogen) atoms. The topological polar surface area (TPSA) is 41.6 Å². The van der Waals surface area contributed by atoms with E-state index in [0.29, 0.717) is 13.0 Å². The van der Waals surface area contributed by atoms with Crippen molar-refractivity contribution in [3.8, 4) is 0 Å². The predicted molar refractivity (Wildman–Crippen MR) is 95.9 cm³/mol. The summed E-state index contributed by atoms with van der Waals surface area (Å²) in [6.07, 6.45) is 3.01. The Labute approximate surface area is 144 Å². The number of rotatable bonds is 7. The van der Waals surface area contributed by atoms with Gasteiger partial charge >= 0.3 is 0 Å². The minimum absolute atomic E-state index is 0.0459. The van der Waals surface area contributed by atoms with Gasteiger partial charge in [0.2, 0.25) is 5.91 Å². The summed E-state index contributed by atoms with van der Waals surface area (Å²) in [6.45, 7) is 11.2. The van der Waals surface area contributed by atoms with E-state index >= 15 is 0 Å². The second-order valence-electron chi connectivity index (χ2n) is 7.18. The third-order valence-electron chi connectivity index (χ3n) is 4.40. The number of thiophene rings is 1. The maximum atomic E-state index is 12.1. The molecule has 0 spiro atoms. The van der Waals surface area contributed by atoms with Gasteiger partial charge in [-0.25, -0.2) is 0 Å². The Bertz CT molecular complexity index is 477. The number of ether oxygens (including phenoxy) is 1. The van der Waals surface area contributed by atoms with Crippen molar-refractivity contribution in [1.82, 2.24) is 10.2 Å². The van der Waals surface area contributed by atoms with E-state index in [9.17, 15) is 4.79 Å². The second-order valence-corrected chi connectivity index (χ2v) is 8.22. The Morgan fingerprint density at radius 3 is 2.70 bits per heavy atom. The number of morpholine rings is 1. The highest BCUT2D eigenvalue weighted by Gasteiger charge is 2.33. The molecule has 1 aliphatic heterocycles. The molecule has 1 aromatic heterocycles. The Kier molecular flexibility index (Phi) is 6.62. The summed E-state index contributed by atoms with van der Waals surface area (Å²) in [5.41, 5.74) is -0.0459. The molecule has 1 fully saturated rings. The van der Waals surface area contributed by atoms with E-state index in [0.717, 1.165) is 25.9 Å². The van der Waals surface area contributed by atoms with Gasteiger partial charge in [-0.3, -0.25) is 9.69 Å². The van der Waals surface area contributed by atoms with Gasteiger partial charge in [0.05, 0.1) is 12.2 Å². The number of nitrogens with one attached hydrogen (secondary N) is 1. The first-order chi connectivity index (χ1) is 10.9. The molecule has 1 saturated heterocycles. The van der Waals surface area contributed by atoms with Crippen molar-refractivity contribution >= 4 is 17.2 Å². The van der Waals surface area contributed by atoms with Crippen LogP contribution in [0.25, 0.3) is 0 Å². The standard InChI is InChI=1S/C18H30N2O2S/c1-14-11-20(12-15(2)22-14)18(3,4)13-19-17(21)9-5-7-16-8-6-10-23-16/h6,8,10,14-15H,5,7,9,11-13H2,1-4H3,(H,19,21). The monoisotopic (exact) mass is 338 g/mol. The lowest BCUT2D eigenvalue weighted by atomic mass is 10.00. The fourth-order valence-corrected chi connectivity index (χ4v) is 3.82. The molecule has 0 bridgehead atoms. The van der Waals surface area contributed by atoms with Crippen molar-refractivity contribution in [2.75, 3.05) is 19.6 Å². The maximum Gasteiger partial charge on any atom is 0.220 e. The second kappa shape index (κ2) is 8.27. The fourth-order valence-electron chi connectivity index (χ4n) is 3.07. The van der Waals surface area contributed by atoms with Crippen molar-refractivity contribution < 1.29 is 9.53 Å². The van der Waals surface area contributed by atoms with E-state index in [1.165, 1.54) is 4.88 Å². The van der Waals surface area contributed by atoms with Crippen LogP contribution >= 0.6 is 11.3 Å². The summed E-state index contributed by atoms with van der Waals surface area (Å²) < 4.78 is 5.80. The van der Waals surface area contributed by atoms with Crippen molar-refractivity contribution in [1.29, 1.82) is 0 Å². The molecule has 0 saturated carbocycles. The minimum Gasteiger partial charge on any atom is -0.373 e. The van der Waals surface area contributed by atoms with E-state index in [4.69, 9.17) is 4.74 Å². The summed E-state index contributed by atoms with van der Waals surface area (Å²) in [4.78, 5) is 15.9. The van der Waals surface area contributed by atoms with Crippen molar-refractivity contribution in [3.05, 3.63) is 22.4 Å². The van der Waals surface area contributed by atoms with Crippen LogP contribution in [0.1, 0.15) is 45.4 Å². The van der Waals surface area contributed by atoms with Crippen LogP contribution in [0.4, 0.5) is 0 Å². The third kappa shape index (κ3) is 5.90. The molecular formula is C18H30N2O2S. The lowest BCUT2D eigenvalue weighted by Crippen LogP contribution is -2.58. The highest BCUT2D eigenvalue weighted by atomic mass is 32.1. The van der Waals surface area contributed by atoms with Gasteiger partial charge in [-0.2, -0.15) is 0 Å². The van der Waals surface area contributed by atoms with Crippen LogP contribution in [0.5, 0.6) is 0 Å². The van der Waals surface area contributed by atoms with Crippen LogP contribution in [-0.4, -0.2) is 48.2 Å². The fraction of sp³-hybridized carbons (Fsp3) is 0.722. The number of carbonyl (C=O) groups is 1. The van der Waals surface area contributed by atoms with Crippen LogP contribution in [0.15, 0.2) is 17.5 Å². The Balaban J connectivity index is 1.71. The van der Waals surface area contributed by atoms with Crippen LogP contribution in [0, 0.1) is 0 Å². The van der Waals surface area contributed by atoms with Gasteiger partial charge in [-0.15, -0.1) is 11.3 Å². The molecule has 130 valence electrons. The smallest absolute Gasteiger partial charge is 0.220 e. The first-order valence-corrected chi connectivity index (χ1v) is 9.44. The largest absolute Gasteiger partial charge is 0.373 e. The zero-order valence-corrected chi connectivity index (χ0v) is 15.6. The Morgan fingerprint density at radius 2 is 2.09 bits per heavy atom. The number of carbonyl (C=O) groups excluding carboxylic acids is 1. The summed E-state index contributed by atoms with van der Waals surface area (Å²) in [6, 6.07) is 4.19. The number of hydrogen-bond donors (Lipinski definition) is 1. The van der Waals surface area contributed by atoms with E-state index in [-0.39, 0.29) is 23.7 Å². The molecule has 2 atom stereocenters. The van der Waals surface area contributed by atoms with Crippen molar-refractivity contribution in [3.63, 3.8) is 0 Å². The average Bonchev–Trinajstić information content (AvgIpc) is 2.97. The molecule has 2 heterocycles. The summed E-state index contributed by atoms with van der Waals surface area (Å²) >= 11 is 1.76. The first-order valence-electron chi connectivity index (χ1n) is 8.56. The summed E-state index contributed by atoms with van der Waals surface area (Å²) in [5.74, 6) is 0.156. The van der Waals surface area contributed by atoms with E-state index in [1.807, 2.05) is 0 Å². The lowest BCUT2D eigenvalue weighted by Gasteiger charge is -2.45. The maximum absolute atomic E-state index is 12.1. The number of amides is 1. The molecule has 1 aliphatic rings. The highest BCUT2D eigenvalue weighted by Crippen LogP contribution is 2.20. The molecular weight excluding hydrogens is 308 g/mol. The van der Waals surface area contributed by atoms with Gasteiger partial charge in [0.25, 0.3) is 0 Å². The third-order valence-corrected chi connectivity index (χ3v) is 5.34. The molecule has 1 aromatic rings. The zero-order valence-electron chi connectivity index (χ0n) is 14.8. The number of hydrogen-bond acceptors (Lipinski definition) is 4. The molecule has 2 unspecified atom stereocenters. The number of aryl methyl sites for hydroxylation is 1. The summed E-state index contributed by atoms with van der Waals surface area (Å²) in [5, 5.41) is 5.20. The first kappa shape index (κ1) is 18.4. The van der Waals surface area contributed by atoms with E-state index in [2.05, 4.69) is 55.4 Å². The molecule has 0 aliphatic carbocycles. The number of nitrogens with zero attached hydrogens (tertiary/aromatic N) is 1. The van der Waals surface area contributed by atoms with Gasteiger partial charge < -0.3 is 10.1 Å². The van der Waals surface area contributed by atoms with Gasteiger partial charge in [-0.1, -0.05) is 6.07 Å². The molecule has 2 rings (SSSR count). The Morgan fingerprint density at radius 1 is 1.39 bits per heavy atom. The Hall–Kier alpha value is -0.910. The quantitative estimate of drug-likeness (QED) is 0.831. The summed E-state index contributed by atoms with van der Waals surface area (Å²) in [7, 11) is 0. The van der Waals surface area contributed by atoms with Crippen molar-refractivity contribution in [2.45, 2.75) is 64.7 Å². The van der Waals surface area contributed by atoms with Gasteiger partial charge in [0.1, 0.15) is 0 Å². The minimum atomic E-state index is -0.0459. The zero-order chi connectivity index (χ0) is 16.9. The molecule has 1 amide bonds. The van der Waals surface area contributed by atoms with Gasteiger partial charge in [0.15, 0.2) is 0 Å². The normalized spacial score (nSPS) is 23.0. The van der Waals surface area contributed by atoms with E-state index < -0.39 is 0 Å². The predicted octanol–water partition coefficient (Wildman–Crippen LogP) is 3.07. The average molecular weight is 339 g/mol. The lowest BCUT2D eigenvalue weighted by molar-refractivity contribution is -0.123. The highest BCUT2D eigenvalue weighted by molar-refractivity contribution is 7.09. The SMILES string of the molecule is CC1CN(C(C)(C)CNC(=O)CCCc2cccs2)CC(C)O1. The molecule has 4 nitrogen and oxygen atoms in total. The molecule has 0 radical (unpaired) electrons. The molecule has 1 N–H and O–H groups in total. The van der Waals surface area contributed by atoms with Crippen LogP contribution < -0.4 is 5.32 Å². The van der Waals surface area contributed by atoms with Crippen LogP contribution in [-0.2, 0) is 16.0 Å². The van der Waals surface area contributed by atoms with Gasteiger partial charge in [-0.05, 0) is 52.0 Å². The van der Waals surface area contributed by atoms with Crippen molar-refractivity contribution in [2.24, 2.45) is 0 Å². The van der Waals surface area contributed by atoms with Gasteiger partial charge in [0, 0.05) is 36.5 Å². The van der Waals surface area contributed by atoms with Crippen LogP contribution in [0.3, 0.4) is 0 Å². The molecule has 5 heteroatoms. The van der Waals surface area contributed by atoms with Crippen LogP contribution in [0.2, 0.25) is 0 Å². The molecule has 0 aromatic carbocycles.